The van der Waals surface area contributed by atoms with Gasteiger partial charge in [-0.15, -0.1) is 11.3 Å². The van der Waals surface area contributed by atoms with Crippen LogP contribution in [0.3, 0.4) is 0 Å². The van der Waals surface area contributed by atoms with Crippen molar-refractivity contribution in [3.8, 4) is 0 Å². The second-order valence-corrected chi connectivity index (χ2v) is 15.2. The van der Waals surface area contributed by atoms with E-state index in [1.54, 1.807) is 23.5 Å². The van der Waals surface area contributed by atoms with Crippen LogP contribution in [0.4, 0.5) is 0 Å². The number of thiazole rings is 1. The number of hydrogen-bond donors (Lipinski definition) is 1. The van der Waals surface area contributed by atoms with Gasteiger partial charge in [0.15, 0.2) is 27.3 Å². The van der Waals surface area contributed by atoms with Gasteiger partial charge in [0.05, 0.1) is 28.2 Å². The third-order valence-corrected chi connectivity index (χ3v) is 12.7. The molecule has 2 heterocycles. The van der Waals surface area contributed by atoms with Crippen molar-refractivity contribution in [2.24, 2.45) is 28.6 Å². The highest BCUT2D eigenvalue weighted by Gasteiger charge is 2.76. The van der Waals surface area contributed by atoms with Gasteiger partial charge in [-0.25, -0.2) is 4.98 Å². The number of carbonyl (C=O) groups excluding carboxylic acids is 2. The molecule has 2 aromatic rings. The lowest BCUT2D eigenvalue weighted by molar-refractivity contribution is -0.223. The zero-order valence-corrected chi connectivity index (χ0v) is 24.4. The summed E-state index contributed by atoms with van der Waals surface area (Å²) < 4.78 is 15.2. The van der Waals surface area contributed by atoms with Gasteiger partial charge in [-0.05, 0) is 75.7 Å². The van der Waals surface area contributed by atoms with Crippen molar-refractivity contribution in [1.29, 1.82) is 0 Å². The number of benzene rings is 1. The molecular weight excluding hydrogens is 530 g/mol. The molecule has 0 amide bonds. The molecule has 0 radical (unpaired) electrons. The molecule has 8 heteroatoms. The lowest BCUT2D eigenvalue weighted by Gasteiger charge is -2.60. The van der Waals surface area contributed by atoms with E-state index in [0.717, 1.165) is 39.4 Å². The third kappa shape index (κ3) is 3.61. The van der Waals surface area contributed by atoms with Crippen LogP contribution < -0.4 is 0 Å². The van der Waals surface area contributed by atoms with Crippen molar-refractivity contribution in [1.82, 2.24) is 4.98 Å². The van der Waals surface area contributed by atoms with Crippen LogP contribution in [0.5, 0.6) is 0 Å². The lowest BCUT2D eigenvalue weighted by atomic mass is 9.46. The summed E-state index contributed by atoms with van der Waals surface area (Å²) in [5.41, 5.74) is 0.0385. The van der Waals surface area contributed by atoms with Crippen molar-refractivity contribution in [2.75, 3.05) is 5.75 Å². The minimum Gasteiger partial charge on any atom is -0.393 e. The number of thioether (sulfide) groups is 1. The topological polar surface area (TPSA) is 85.7 Å². The molecule has 1 saturated heterocycles. The van der Waals surface area contributed by atoms with Crippen LogP contribution in [0.25, 0.3) is 10.2 Å². The maximum absolute atomic E-state index is 14.4. The Bertz CT molecular complexity index is 1410. The van der Waals surface area contributed by atoms with E-state index in [1.165, 1.54) is 11.8 Å². The molecule has 4 fully saturated rings. The smallest absolute Gasteiger partial charge is 0.178 e. The molecule has 8 atom stereocenters. The highest BCUT2D eigenvalue weighted by atomic mass is 32.2. The van der Waals surface area contributed by atoms with E-state index in [0.29, 0.717) is 6.42 Å². The normalized spacial score (nSPS) is 42.0. The van der Waals surface area contributed by atoms with Crippen molar-refractivity contribution in [3.63, 3.8) is 0 Å². The summed E-state index contributed by atoms with van der Waals surface area (Å²) in [6.07, 6.45) is 7.42. The van der Waals surface area contributed by atoms with Crippen LogP contribution in [0.1, 0.15) is 53.4 Å². The van der Waals surface area contributed by atoms with E-state index >= 15 is 0 Å². The fraction of sp³-hybridized carbons (Fsp3) is 0.581. The third-order valence-electron chi connectivity index (χ3n) is 10.5. The van der Waals surface area contributed by atoms with Crippen LogP contribution in [-0.4, -0.2) is 51.0 Å². The van der Waals surface area contributed by atoms with Crippen LogP contribution in [-0.2, 0) is 19.1 Å². The Morgan fingerprint density at radius 2 is 2.03 bits per heavy atom. The Morgan fingerprint density at radius 3 is 2.82 bits per heavy atom. The van der Waals surface area contributed by atoms with Crippen LogP contribution in [0, 0.1) is 28.6 Å². The molecule has 1 aromatic heterocycles. The number of aromatic nitrogens is 1. The second kappa shape index (κ2) is 8.58. The number of aliphatic hydroxyl groups is 1. The van der Waals surface area contributed by atoms with E-state index in [4.69, 9.17) is 14.5 Å². The number of rotatable bonds is 4. The van der Waals surface area contributed by atoms with Crippen molar-refractivity contribution in [3.05, 3.63) is 48.1 Å². The molecule has 0 bridgehead atoms. The van der Waals surface area contributed by atoms with Crippen molar-refractivity contribution < 1.29 is 24.2 Å². The molecule has 3 saturated carbocycles. The lowest BCUT2D eigenvalue weighted by Crippen LogP contribution is -2.63. The molecule has 1 N–H and O–H groups in total. The molecule has 39 heavy (non-hydrogen) atoms. The maximum atomic E-state index is 14.4. The van der Waals surface area contributed by atoms with E-state index in [9.17, 15) is 14.7 Å². The average Bonchev–Trinajstić information content (AvgIpc) is 3.49. The molecule has 206 valence electrons. The van der Waals surface area contributed by atoms with Gasteiger partial charge in [-0.2, -0.15) is 0 Å². The van der Waals surface area contributed by atoms with Gasteiger partial charge in [-0.1, -0.05) is 49.4 Å². The van der Waals surface area contributed by atoms with Crippen LogP contribution in [0.2, 0.25) is 0 Å². The van der Waals surface area contributed by atoms with Crippen molar-refractivity contribution in [2.45, 2.75) is 81.3 Å². The fourth-order valence-corrected chi connectivity index (χ4v) is 11.1. The summed E-state index contributed by atoms with van der Waals surface area (Å²) in [4.78, 5) is 31.3. The van der Waals surface area contributed by atoms with Crippen LogP contribution in [0.15, 0.2) is 52.4 Å². The summed E-state index contributed by atoms with van der Waals surface area (Å²) in [5.74, 6) is -0.186. The SMILES string of the molecule is CC1(C)O[C@@H]2CC3C4CCC5=CC(=O)C=CC5(C)C4[C@@H](O)CC3(C)[C@@]2(C(=O)CSc2nc3ccccc3s2)O1. The fourth-order valence-electron chi connectivity index (χ4n) is 9.07. The molecule has 1 aliphatic heterocycles. The monoisotopic (exact) mass is 565 g/mol. The largest absolute Gasteiger partial charge is 0.393 e. The van der Waals surface area contributed by atoms with Crippen molar-refractivity contribution >= 4 is 44.9 Å². The number of hydrogen-bond acceptors (Lipinski definition) is 8. The number of allylic oxidation sites excluding steroid dienone is 4. The van der Waals surface area contributed by atoms with Gasteiger partial charge in [-0.3, -0.25) is 9.59 Å². The molecule has 5 aliphatic rings. The predicted molar refractivity (Wildman–Crippen MR) is 152 cm³/mol. The zero-order valence-electron chi connectivity index (χ0n) is 22.8. The average molecular weight is 566 g/mol. The van der Waals surface area contributed by atoms with E-state index < -0.39 is 22.9 Å². The van der Waals surface area contributed by atoms with Gasteiger partial charge in [0.2, 0.25) is 0 Å². The number of aliphatic hydroxyl groups excluding tert-OH is 1. The molecule has 4 aliphatic carbocycles. The predicted octanol–water partition coefficient (Wildman–Crippen LogP) is 5.74. The Morgan fingerprint density at radius 1 is 1.23 bits per heavy atom. The van der Waals surface area contributed by atoms with E-state index in [1.807, 2.05) is 38.1 Å². The Balaban J connectivity index is 1.23. The number of carbonyl (C=O) groups is 2. The quantitative estimate of drug-likeness (QED) is 0.474. The minimum absolute atomic E-state index is 0.00367. The highest BCUT2D eigenvalue weighted by Crippen LogP contribution is 2.70. The van der Waals surface area contributed by atoms with Gasteiger partial charge in [0.25, 0.3) is 0 Å². The molecule has 7 rings (SSSR count). The van der Waals surface area contributed by atoms with Gasteiger partial charge < -0.3 is 14.6 Å². The van der Waals surface area contributed by atoms with Gasteiger partial charge >= 0.3 is 0 Å². The molecule has 5 unspecified atom stereocenters. The second-order valence-electron chi connectivity index (χ2n) is 13.0. The first kappa shape index (κ1) is 26.1. The molecule has 0 spiro atoms. The maximum Gasteiger partial charge on any atom is 0.178 e. The minimum atomic E-state index is -1.12. The molecule has 1 aromatic carbocycles. The first-order chi connectivity index (χ1) is 18.5. The standard InChI is InChI=1S/C31H35NO5S2/c1-28(2)36-25-14-20-19-10-9-17-13-18(33)11-12-29(17,3)26(19)22(34)15-30(20,4)31(25,37-28)24(35)16-38-27-32-21-7-5-6-8-23(21)39-27/h5-8,11-13,19-20,22,25-26,34H,9-10,14-16H2,1-4H3/t19?,20?,22-,25+,26?,29?,30?,31-/m0/s1. The van der Waals surface area contributed by atoms with E-state index in [-0.39, 0.29) is 46.6 Å². The Labute approximate surface area is 237 Å². The first-order valence-corrected chi connectivity index (χ1v) is 15.8. The Hall–Kier alpha value is -1.84. The number of para-hydroxylation sites is 1. The zero-order chi connectivity index (χ0) is 27.4. The number of ether oxygens (including phenoxy) is 2. The summed E-state index contributed by atoms with van der Waals surface area (Å²) in [5, 5.41) is 11.9. The summed E-state index contributed by atoms with van der Waals surface area (Å²) >= 11 is 3.08. The number of ketones is 2. The summed E-state index contributed by atoms with van der Waals surface area (Å²) in [6.45, 7) is 8.12. The van der Waals surface area contributed by atoms with E-state index in [2.05, 4.69) is 19.9 Å². The highest BCUT2D eigenvalue weighted by molar-refractivity contribution is 8.01. The number of nitrogens with zero attached hydrogens (tertiary/aromatic N) is 1. The molecular formula is C31H35NO5S2. The van der Waals surface area contributed by atoms with Crippen LogP contribution >= 0.6 is 23.1 Å². The number of Topliss-reactive ketones (excluding diaryl/α,β-unsaturated/α-hetero) is 1. The Kier molecular flexibility index (Phi) is 5.74. The molecule has 6 nitrogen and oxygen atoms in total. The first-order valence-electron chi connectivity index (χ1n) is 14.0. The summed E-state index contributed by atoms with van der Waals surface area (Å²) in [7, 11) is 0. The van der Waals surface area contributed by atoms with Gasteiger partial charge in [0, 0.05) is 16.7 Å². The summed E-state index contributed by atoms with van der Waals surface area (Å²) in [6, 6.07) is 8.02. The van der Waals surface area contributed by atoms with Gasteiger partial charge in [0.1, 0.15) is 0 Å². The number of fused-ring (bicyclic) bond motifs is 8.